The number of amides is 1. The largest absolute Gasteiger partial charge is 0.490 e. The van der Waals surface area contributed by atoms with Crippen LogP contribution in [0, 0.1) is 24.7 Å². The van der Waals surface area contributed by atoms with Crippen molar-refractivity contribution in [2.45, 2.75) is 77.1 Å². The van der Waals surface area contributed by atoms with Crippen LogP contribution in [0.25, 0.3) is 0 Å². The van der Waals surface area contributed by atoms with Crippen molar-refractivity contribution in [2.75, 3.05) is 58.0 Å². The van der Waals surface area contributed by atoms with Crippen LogP contribution in [-0.2, 0) is 45.8 Å². The first kappa shape index (κ1) is 60.5. The molecule has 414 valence electrons. The minimum atomic E-state index is -5.80. The molecule has 7 atom stereocenters. The summed E-state index contributed by atoms with van der Waals surface area (Å²) >= 11 is 0. The van der Waals surface area contributed by atoms with Crippen LogP contribution in [0.15, 0.2) is 74.6 Å². The quantitative estimate of drug-likeness (QED) is 0.0169. The highest BCUT2D eigenvalue weighted by atomic mass is 33.1. The third kappa shape index (κ3) is 16.2. The number of carboxylic acids is 1. The highest BCUT2D eigenvalue weighted by molar-refractivity contribution is 8.77. The molecule has 0 spiro atoms. The highest BCUT2D eigenvalue weighted by Crippen LogP contribution is 2.66. The van der Waals surface area contributed by atoms with E-state index < -0.39 is 82.3 Å². The molecule has 2 aromatic carbocycles. The predicted molar refractivity (Wildman–Crippen MR) is 280 cm³/mol. The summed E-state index contributed by atoms with van der Waals surface area (Å²) in [5.74, 6) is 4.31. The monoisotopic (exact) mass is 1160 g/mol. The van der Waals surface area contributed by atoms with E-state index in [9.17, 15) is 47.8 Å². The number of aromatic amines is 1. The number of ether oxygens (including phenoxy) is 5. The molecule has 4 unspecified atom stereocenters. The van der Waals surface area contributed by atoms with E-state index in [1.165, 1.54) is 34.8 Å². The number of carboxylic acid groups (broad SMARTS) is 1. The van der Waals surface area contributed by atoms with Crippen LogP contribution < -0.4 is 26.6 Å². The molecule has 8 N–H and O–H groups in total. The van der Waals surface area contributed by atoms with Gasteiger partial charge in [0.2, 0.25) is 0 Å². The first-order valence-corrected chi connectivity index (χ1v) is 30.0. The summed E-state index contributed by atoms with van der Waals surface area (Å²) in [5, 5.41) is 16.9. The van der Waals surface area contributed by atoms with E-state index in [1.54, 1.807) is 12.1 Å². The van der Waals surface area contributed by atoms with E-state index in [1.807, 2.05) is 59.8 Å². The van der Waals surface area contributed by atoms with E-state index in [0.29, 0.717) is 30.2 Å². The Hall–Kier alpha value is -4.68. The number of phosphoric acid groups is 3. The minimum absolute atomic E-state index is 0.00939. The highest BCUT2D eigenvalue weighted by Gasteiger charge is 2.44. The maximum absolute atomic E-state index is 13.6. The van der Waals surface area contributed by atoms with Gasteiger partial charge in [-0.1, -0.05) is 45.6 Å². The molecule has 30 heteroatoms. The lowest BCUT2D eigenvalue weighted by atomic mass is 9.73. The molecule has 1 amide bonds. The number of phosphoric ester groups is 1. The Morgan fingerprint density at radius 2 is 1.79 bits per heavy atom. The fourth-order valence-electron chi connectivity index (χ4n) is 8.22. The van der Waals surface area contributed by atoms with Gasteiger partial charge in [0.1, 0.15) is 48.7 Å². The third-order valence-electron chi connectivity index (χ3n) is 11.5. The zero-order valence-electron chi connectivity index (χ0n) is 42.1. The number of H-pyrrole nitrogens is 1. The zero-order chi connectivity index (χ0) is 55.8. The number of aryl methyl sites for hydroxylation is 1. The number of rotatable bonds is 24. The summed E-state index contributed by atoms with van der Waals surface area (Å²) in [7, 11) is -12.9. The van der Waals surface area contributed by atoms with Crippen LogP contribution in [0.5, 0.6) is 5.75 Å². The van der Waals surface area contributed by atoms with Gasteiger partial charge in [-0.3, -0.25) is 28.7 Å². The average Bonchev–Trinajstić information content (AvgIpc) is 3.73. The molecule has 3 aromatic rings. The molecule has 6 rings (SSSR count). The molecule has 1 saturated heterocycles. The number of benzene rings is 2. The van der Waals surface area contributed by atoms with Crippen LogP contribution in [0.4, 0.5) is 5.69 Å². The molecule has 1 fully saturated rings. The topological polar surface area (TPSA) is 352 Å². The molecule has 0 saturated carbocycles. The number of methoxy groups -OCH3 is 1. The second-order valence-corrected chi connectivity index (χ2v) is 25.1. The molecule has 0 radical (unpaired) electrons. The van der Waals surface area contributed by atoms with Gasteiger partial charge in [0, 0.05) is 84.9 Å². The van der Waals surface area contributed by atoms with E-state index in [4.69, 9.17) is 38.0 Å². The van der Waals surface area contributed by atoms with Crippen LogP contribution in [0.3, 0.4) is 0 Å². The van der Waals surface area contributed by atoms with E-state index >= 15 is 0 Å². The van der Waals surface area contributed by atoms with Crippen molar-refractivity contribution in [1.29, 1.82) is 0 Å². The van der Waals surface area contributed by atoms with Crippen molar-refractivity contribution >= 4 is 68.3 Å². The van der Waals surface area contributed by atoms with E-state index in [0.717, 1.165) is 38.9 Å². The van der Waals surface area contributed by atoms with Gasteiger partial charge in [-0.05, 0) is 76.4 Å². The fraction of sp³-hybridized carbons (Fsp3) is 0.457. The van der Waals surface area contributed by atoms with Crippen molar-refractivity contribution in [1.82, 2.24) is 14.9 Å². The van der Waals surface area contributed by atoms with Gasteiger partial charge in [0.15, 0.2) is 0 Å². The maximum atomic E-state index is 13.6. The van der Waals surface area contributed by atoms with Gasteiger partial charge in [0.25, 0.3) is 11.5 Å². The number of carbonyl (C=O) groups excluding carboxylic acids is 1. The fourth-order valence-corrected chi connectivity index (χ4v) is 13.4. The third-order valence-corrected chi connectivity index (χ3v) is 18.2. The summed E-state index contributed by atoms with van der Waals surface area (Å²) < 4.78 is 76.0. The zero-order valence-corrected chi connectivity index (χ0v) is 46.4. The molecule has 2 aliphatic heterocycles. The number of hydrogen-bond acceptors (Lipinski definition) is 19. The molecular formula is C46H58N5O20P3S2. The van der Waals surface area contributed by atoms with Gasteiger partial charge < -0.3 is 59.0 Å². The normalized spacial score (nSPS) is 21.4. The number of aromatic carboxylic acids is 1. The van der Waals surface area contributed by atoms with Gasteiger partial charge in [-0.15, -0.1) is 0 Å². The minimum Gasteiger partial charge on any atom is -0.478 e. The number of nitrogens with one attached hydrogen (secondary N) is 3. The van der Waals surface area contributed by atoms with E-state index in [2.05, 4.69) is 47.1 Å². The first-order valence-electron chi connectivity index (χ1n) is 23.2. The van der Waals surface area contributed by atoms with Crippen molar-refractivity contribution in [3.8, 4) is 17.6 Å². The van der Waals surface area contributed by atoms with Gasteiger partial charge in [0.05, 0.1) is 24.0 Å². The Balaban J connectivity index is 1.04. The number of aliphatic imine (C=N–C) groups is 1. The molecule has 3 heterocycles. The molecule has 25 nitrogen and oxygen atoms in total. The molecule has 1 aliphatic carbocycles. The Bertz CT molecular complexity index is 3110. The van der Waals surface area contributed by atoms with Crippen LogP contribution in [-0.4, -0.2) is 121 Å². The van der Waals surface area contributed by atoms with Crippen LogP contribution in [0.2, 0.25) is 0 Å². The standard InChI is InChI=1S/C46H58N5O20P3S2/c1-8-47-34-18-36-32(15-26(34)3)41(33-16-27(4)35(48-9-2)19-37(33)68-36)30-13-12-28(17-31(30)44(54)55)42(52)49-23-46(5,6)76-75-25-65-14-10-11-29-21-51(45(56)50-43(29)53)40-20-38(66-24-64-7)39(69-40)22-67-73(60,61)71-74(62,63)70-72(57,58)59/h12-13,15-19,21,32,38-41,48H,8-9,14,20,22-25H2,1-7H3,(H,49,52)(H,54,55)(H,60,61)(H,62,63)(H,50,53,56)(H2,57,58,59)/t32?,38-,39-,40-,41?/m1/s1. The SMILES string of the molecule is CCN=C1C=C2Oc3cc(NCC)c(C)cc3C(c3ccc(C(=O)NCC(C)(C)SSCOCC#Cc4cn([C@H]5C[C@@H](OCOC)[C@@H](COP(=O)(O)OP(=O)(O)OP(=O)(O)O)O5)c(=O)[nH]c4=O)cc3C(=O)O)C2C=C1C. The first-order chi connectivity index (χ1) is 35.7. The van der Waals surface area contributed by atoms with Crippen molar-refractivity contribution in [3.63, 3.8) is 0 Å². The lowest BCUT2D eigenvalue weighted by molar-refractivity contribution is -0.107. The summed E-state index contributed by atoms with van der Waals surface area (Å²) in [6.07, 6.45) is 1.50. The van der Waals surface area contributed by atoms with Crippen molar-refractivity contribution in [3.05, 3.63) is 114 Å². The number of carbonyl (C=O) groups is 2. The molecule has 0 bridgehead atoms. The Morgan fingerprint density at radius 1 is 1.04 bits per heavy atom. The average molecular weight is 1160 g/mol. The number of fused-ring (bicyclic) bond motifs is 2. The predicted octanol–water partition coefficient (Wildman–Crippen LogP) is 5.96. The lowest BCUT2D eigenvalue weighted by Gasteiger charge is -2.37. The Labute approximate surface area is 444 Å². The second-order valence-electron chi connectivity index (χ2n) is 17.7. The smallest absolute Gasteiger partial charge is 0.478 e. The summed E-state index contributed by atoms with van der Waals surface area (Å²) in [5.41, 5.74) is 3.24. The molecular weight excluding hydrogens is 1100 g/mol. The lowest BCUT2D eigenvalue weighted by Crippen LogP contribution is -2.36. The number of anilines is 1. The summed E-state index contributed by atoms with van der Waals surface area (Å²) in [4.78, 5) is 95.9. The molecule has 1 aromatic heterocycles. The van der Waals surface area contributed by atoms with Crippen LogP contribution in [0.1, 0.15) is 96.2 Å². The molecule has 76 heavy (non-hydrogen) atoms. The van der Waals surface area contributed by atoms with Crippen LogP contribution >= 0.6 is 45.1 Å². The number of hydrogen-bond donors (Lipinski definition) is 8. The number of aromatic nitrogens is 2. The van der Waals surface area contributed by atoms with Crippen molar-refractivity contribution < 1.29 is 84.8 Å². The summed E-state index contributed by atoms with van der Waals surface area (Å²) in [6.45, 7) is 11.9. The number of allylic oxidation sites excluding steroid dienone is 3. The Kier molecular flexibility index (Phi) is 20.6. The summed E-state index contributed by atoms with van der Waals surface area (Å²) in [6, 6.07) is 8.71. The number of nitrogens with zero attached hydrogens (tertiary/aromatic N) is 2. The Morgan fingerprint density at radius 3 is 2.47 bits per heavy atom. The maximum Gasteiger partial charge on any atom is 0.490 e. The van der Waals surface area contributed by atoms with E-state index in [-0.39, 0.29) is 54.9 Å². The second kappa shape index (κ2) is 25.9. The van der Waals surface area contributed by atoms with Gasteiger partial charge >= 0.3 is 35.1 Å². The van der Waals surface area contributed by atoms with Gasteiger partial charge in [-0.2, -0.15) is 8.62 Å². The van der Waals surface area contributed by atoms with Crippen molar-refractivity contribution in [2.24, 2.45) is 10.9 Å². The van der Waals surface area contributed by atoms with Gasteiger partial charge in [-0.25, -0.2) is 23.3 Å². The molecule has 3 aliphatic rings.